The van der Waals surface area contributed by atoms with E-state index in [-0.39, 0.29) is 35.1 Å². The van der Waals surface area contributed by atoms with Crippen LogP contribution in [-0.2, 0) is 41.4 Å². The van der Waals surface area contributed by atoms with Gasteiger partial charge in [0.1, 0.15) is 17.0 Å². The molecule has 1 saturated carbocycles. The van der Waals surface area contributed by atoms with Crippen LogP contribution in [0.4, 0.5) is 5.69 Å². The number of hydrogen-bond acceptors (Lipinski definition) is 11. The number of carbonyl (C=O) groups excluding carboxylic acids is 2. The van der Waals surface area contributed by atoms with E-state index in [1.54, 1.807) is 26.0 Å². The number of amides is 1. The Hall–Kier alpha value is -2.53. The fourth-order valence-corrected chi connectivity index (χ4v) is 10.1. The number of aliphatic carboxylic acids is 1. The highest BCUT2D eigenvalue weighted by Gasteiger charge is 2.37. The van der Waals surface area contributed by atoms with Crippen molar-refractivity contribution in [2.75, 3.05) is 24.2 Å². The quantitative estimate of drug-likeness (QED) is 0.115. The Kier molecular flexibility index (Phi) is 13.8. The van der Waals surface area contributed by atoms with E-state index in [9.17, 15) is 27.9 Å². The van der Waals surface area contributed by atoms with Crippen LogP contribution in [0.1, 0.15) is 69.9 Å². The van der Waals surface area contributed by atoms with Gasteiger partial charge in [-0.3, -0.25) is 14.9 Å². The van der Waals surface area contributed by atoms with Gasteiger partial charge in [-0.2, -0.15) is 11.8 Å². The van der Waals surface area contributed by atoms with Crippen LogP contribution >= 0.6 is 35.3 Å². The number of anilines is 1. The monoisotopic (exact) mass is 767 g/mol. The van der Waals surface area contributed by atoms with Gasteiger partial charge in [0.2, 0.25) is 15.9 Å². The van der Waals surface area contributed by atoms with Gasteiger partial charge < -0.3 is 20.1 Å². The fourth-order valence-electron chi connectivity index (χ4n) is 6.62. The van der Waals surface area contributed by atoms with Crippen LogP contribution < -0.4 is 20.1 Å². The summed E-state index contributed by atoms with van der Waals surface area (Å²) in [5.74, 6) is -0.279. The molecule has 1 aliphatic carbocycles. The van der Waals surface area contributed by atoms with Crippen molar-refractivity contribution < 1.29 is 32.6 Å². The number of hydrogen-bond donors (Lipinski definition) is 5. The van der Waals surface area contributed by atoms with E-state index in [0.29, 0.717) is 36.8 Å². The molecule has 50 heavy (non-hydrogen) atoms. The molecule has 2 aliphatic heterocycles. The molecule has 2 aromatic rings. The molecule has 0 spiro atoms. The molecule has 3 aliphatic rings. The predicted octanol–water partition coefficient (Wildman–Crippen LogP) is 4.97. The third kappa shape index (κ3) is 10.1. The molecular formula is C34H46ClN5O7S3. The minimum Gasteiger partial charge on any atom is -0.480 e. The van der Waals surface area contributed by atoms with Crippen molar-refractivity contribution in [2.45, 2.75) is 105 Å². The van der Waals surface area contributed by atoms with Crippen LogP contribution in [0.25, 0.3) is 0 Å². The third-order valence-corrected chi connectivity index (χ3v) is 13.2. The van der Waals surface area contributed by atoms with Gasteiger partial charge in [0, 0.05) is 29.5 Å². The molecule has 274 valence electrons. The van der Waals surface area contributed by atoms with Gasteiger partial charge in [-0.05, 0) is 74.2 Å². The number of fused-ring (bicyclic) bond motifs is 1. The molecule has 0 radical (unpaired) electrons. The summed E-state index contributed by atoms with van der Waals surface area (Å²) in [6, 6.07) is 8.40. The second kappa shape index (κ2) is 17.8. The van der Waals surface area contributed by atoms with Crippen LogP contribution in [-0.4, -0.2) is 79.5 Å². The lowest BCUT2D eigenvalue weighted by atomic mass is 10.0. The fraction of sp³-hybridized carbons (Fsp3) is 0.559. The molecule has 1 saturated heterocycles. The molecule has 0 bridgehead atoms. The molecule has 5 rings (SSSR count). The summed E-state index contributed by atoms with van der Waals surface area (Å²) >= 11 is 9.41. The summed E-state index contributed by atoms with van der Waals surface area (Å²) in [4.78, 5) is 39.5. The van der Waals surface area contributed by atoms with Gasteiger partial charge in [-0.15, -0.1) is 0 Å². The Balaban J connectivity index is 1.11. The standard InChI is InChI=1S/C34H46ClN5O7S3/c1-3-47-34(44)27(37-21(2)32(41)40-14-6-9-28(40)33(42)43)20-48-19-24-12-10-23(11-13-24)18-36-50(45,46)30-17-29-26(16-25(30)35)38-31(39-49-29)15-22-7-4-5-8-22/h10-13,16-17,21-22,27-28,31,36-39H,3-9,14-15,18-20H2,1-2H3,(H,42,43)/t21-,27+,28-,31?/m0/s1. The number of thioether (sulfide) groups is 1. The van der Waals surface area contributed by atoms with E-state index in [0.717, 1.165) is 28.1 Å². The molecule has 2 fully saturated rings. The predicted molar refractivity (Wildman–Crippen MR) is 196 cm³/mol. The lowest BCUT2D eigenvalue weighted by Gasteiger charge is -2.29. The van der Waals surface area contributed by atoms with E-state index in [2.05, 4.69) is 20.1 Å². The number of halogens is 1. The van der Waals surface area contributed by atoms with Crippen LogP contribution in [0.15, 0.2) is 46.2 Å². The highest BCUT2D eigenvalue weighted by molar-refractivity contribution is 7.98. The SMILES string of the molecule is CCOC(=O)[C@@H](CSCc1ccc(CNS(=O)(=O)c2cc3c(cc2Cl)NC(CC2CCCC2)NS3)cc1)N[C@@H](C)C(=O)N1CCC[C@H]1C(=O)O. The smallest absolute Gasteiger partial charge is 0.326 e. The molecular weight excluding hydrogens is 722 g/mol. The van der Waals surface area contributed by atoms with Crippen LogP contribution in [0.5, 0.6) is 0 Å². The maximum absolute atomic E-state index is 13.3. The number of nitrogens with one attached hydrogen (secondary N) is 4. The zero-order chi connectivity index (χ0) is 35.8. The van der Waals surface area contributed by atoms with Crippen molar-refractivity contribution in [3.63, 3.8) is 0 Å². The van der Waals surface area contributed by atoms with Crippen molar-refractivity contribution in [2.24, 2.45) is 5.92 Å². The maximum Gasteiger partial charge on any atom is 0.326 e. The summed E-state index contributed by atoms with van der Waals surface area (Å²) in [6.45, 7) is 3.98. The Morgan fingerprint density at radius 1 is 1.12 bits per heavy atom. The molecule has 16 heteroatoms. The summed E-state index contributed by atoms with van der Waals surface area (Å²) in [6.07, 6.45) is 7.23. The molecule has 4 atom stereocenters. The molecule has 5 N–H and O–H groups in total. The molecule has 12 nitrogen and oxygen atoms in total. The topological polar surface area (TPSA) is 166 Å². The Morgan fingerprint density at radius 3 is 2.54 bits per heavy atom. The average molecular weight is 768 g/mol. The van der Waals surface area contributed by atoms with Gasteiger partial charge in [-0.25, -0.2) is 22.7 Å². The second-order valence-electron chi connectivity index (χ2n) is 13.0. The summed E-state index contributed by atoms with van der Waals surface area (Å²) in [5, 5.41) is 16.1. The molecule has 1 unspecified atom stereocenters. The molecule has 2 aromatic carbocycles. The van der Waals surface area contributed by atoms with Crippen molar-refractivity contribution in [3.8, 4) is 0 Å². The lowest BCUT2D eigenvalue weighted by Crippen LogP contribution is -2.54. The van der Waals surface area contributed by atoms with Crippen molar-refractivity contribution in [3.05, 3.63) is 52.5 Å². The Labute approximate surface area is 307 Å². The van der Waals surface area contributed by atoms with E-state index in [4.69, 9.17) is 16.3 Å². The Bertz CT molecular complexity index is 1630. The zero-order valence-electron chi connectivity index (χ0n) is 28.3. The largest absolute Gasteiger partial charge is 0.480 e. The minimum atomic E-state index is -3.89. The number of rotatable bonds is 16. The van der Waals surface area contributed by atoms with Gasteiger partial charge >= 0.3 is 11.9 Å². The van der Waals surface area contributed by atoms with Gasteiger partial charge in [-0.1, -0.05) is 61.5 Å². The van der Waals surface area contributed by atoms with Crippen LogP contribution in [0, 0.1) is 5.92 Å². The summed E-state index contributed by atoms with van der Waals surface area (Å²) in [5.41, 5.74) is 2.57. The van der Waals surface area contributed by atoms with E-state index >= 15 is 0 Å². The molecule has 2 heterocycles. The van der Waals surface area contributed by atoms with Crippen molar-refractivity contribution in [1.82, 2.24) is 19.7 Å². The van der Waals surface area contributed by atoms with E-state index < -0.39 is 40.1 Å². The number of ether oxygens (including phenoxy) is 1. The van der Waals surface area contributed by atoms with Gasteiger partial charge in [0.25, 0.3) is 0 Å². The molecule has 1 amide bonds. The number of carboxylic acid groups (broad SMARTS) is 1. The second-order valence-corrected chi connectivity index (χ2v) is 17.0. The summed E-state index contributed by atoms with van der Waals surface area (Å²) < 4.78 is 37.9. The highest BCUT2D eigenvalue weighted by Crippen LogP contribution is 2.38. The van der Waals surface area contributed by atoms with Crippen LogP contribution in [0.2, 0.25) is 5.02 Å². The van der Waals surface area contributed by atoms with Crippen LogP contribution in [0.3, 0.4) is 0 Å². The molecule has 0 aromatic heterocycles. The lowest BCUT2D eigenvalue weighted by molar-refractivity contribution is -0.150. The number of carboxylic acids is 1. The average Bonchev–Trinajstić information content (AvgIpc) is 3.80. The third-order valence-electron chi connectivity index (χ3n) is 9.26. The first kappa shape index (κ1) is 38.7. The first-order valence-corrected chi connectivity index (χ1v) is 20.9. The minimum absolute atomic E-state index is 0.0270. The Morgan fingerprint density at radius 2 is 1.84 bits per heavy atom. The zero-order valence-corrected chi connectivity index (χ0v) is 31.5. The van der Waals surface area contributed by atoms with E-state index in [1.807, 2.05) is 24.3 Å². The maximum atomic E-state index is 13.3. The van der Waals surface area contributed by atoms with Gasteiger partial charge in [0.05, 0.1) is 29.5 Å². The number of benzene rings is 2. The number of nitrogens with zero attached hydrogens (tertiary/aromatic N) is 1. The highest BCUT2D eigenvalue weighted by atomic mass is 35.5. The summed E-state index contributed by atoms with van der Waals surface area (Å²) in [7, 11) is -3.89. The number of sulfonamides is 1. The number of likely N-dealkylation sites (tertiary alicyclic amines) is 1. The number of esters is 1. The van der Waals surface area contributed by atoms with Gasteiger partial charge in [0.15, 0.2) is 0 Å². The van der Waals surface area contributed by atoms with E-state index in [1.165, 1.54) is 54.3 Å². The van der Waals surface area contributed by atoms with Crippen molar-refractivity contribution in [1.29, 1.82) is 0 Å². The number of carbonyl (C=O) groups is 3. The first-order valence-electron chi connectivity index (χ1n) is 17.1. The van der Waals surface area contributed by atoms with Crippen molar-refractivity contribution >= 4 is 68.9 Å². The normalized spacial score (nSPS) is 20.6. The first-order chi connectivity index (χ1) is 23.9.